The molecule has 6 nitrogen and oxygen atoms in total. The molecule has 0 saturated carbocycles. The largest absolute Gasteiger partial charge is 0.617 e. The molecule has 0 aliphatic rings. The van der Waals surface area contributed by atoms with Gasteiger partial charge in [-0.05, 0) is 12.1 Å². The number of benzene rings is 1. The molecule has 0 bridgehead atoms. The Morgan fingerprint density at radius 2 is 1.55 bits per heavy atom. The molecule has 1 aromatic carbocycles. The first-order valence-corrected chi connectivity index (χ1v) is 6.03. The highest BCUT2D eigenvalue weighted by Crippen LogP contribution is 2.21. The maximum atomic E-state index is 13.4. The Morgan fingerprint density at radius 3 is 2.09 bits per heavy atom. The van der Waals surface area contributed by atoms with E-state index in [-0.39, 0.29) is 26.2 Å². The normalized spacial score (nSPS) is 10.6. The van der Waals surface area contributed by atoms with Crippen LogP contribution in [0.2, 0.25) is 0 Å². The van der Waals surface area contributed by atoms with Crippen LogP contribution in [-0.4, -0.2) is 4.98 Å². The van der Waals surface area contributed by atoms with E-state index in [0.29, 0.717) is 12.1 Å². The lowest BCUT2D eigenvalue weighted by molar-refractivity contribution is -0.622. The highest BCUT2D eigenvalue weighted by Gasteiger charge is 2.30. The fraction of sp³-hybridized carbons (Fsp3) is 0. The van der Waals surface area contributed by atoms with Crippen molar-refractivity contribution < 1.29 is 18.2 Å². The number of rotatable bonds is 1. The van der Waals surface area contributed by atoms with E-state index in [0.717, 1.165) is 0 Å². The van der Waals surface area contributed by atoms with Gasteiger partial charge in [0.05, 0.1) is 17.7 Å². The fourth-order valence-corrected chi connectivity index (χ4v) is 2.15. The van der Waals surface area contributed by atoms with Crippen molar-refractivity contribution in [1.82, 2.24) is 4.98 Å². The zero-order chi connectivity index (χ0) is 15.9. The number of halogens is 2. The van der Waals surface area contributed by atoms with Crippen LogP contribution in [0.3, 0.4) is 0 Å². The SMILES string of the molecule is N#Cc1c(-c2ccncc2)[n+]([O-])c2cc(F)c(F)cc2[n+]1[O-]. The molecular weight excluding hydrogens is 294 g/mol. The van der Waals surface area contributed by atoms with E-state index in [2.05, 4.69) is 4.98 Å². The third-order valence-electron chi connectivity index (χ3n) is 3.15. The minimum Gasteiger partial charge on any atom is -0.617 e. The number of hydrogen-bond donors (Lipinski definition) is 0. The van der Waals surface area contributed by atoms with E-state index in [1.807, 2.05) is 0 Å². The minimum atomic E-state index is -1.28. The van der Waals surface area contributed by atoms with Crippen LogP contribution in [0.4, 0.5) is 8.78 Å². The van der Waals surface area contributed by atoms with Gasteiger partial charge in [-0.2, -0.15) is 9.99 Å². The lowest BCUT2D eigenvalue weighted by atomic mass is 10.1. The molecule has 0 atom stereocenters. The minimum absolute atomic E-state index is 0.113. The topological polar surface area (TPSA) is 90.6 Å². The average Bonchev–Trinajstić information content (AvgIpc) is 2.53. The summed E-state index contributed by atoms with van der Waals surface area (Å²) in [5, 5.41) is 33.8. The number of fused-ring (bicyclic) bond motifs is 1. The molecule has 0 aliphatic carbocycles. The summed E-state index contributed by atoms with van der Waals surface area (Å²) >= 11 is 0. The molecule has 0 unspecified atom stereocenters. The molecule has 0 saturated heterocycles. The molecule has 2 aromatic heterocycles. The Bertz CT molecular complexity index is 939. The van der Waals surface area contributed by atoms with Gasteiger partial charge in [0.15, 0.2) is 17.7 Å². The lowest BCUT2D eigenvalue weighted by Crippen LogP contribution is -2.43. The molecule has 0 aliphatic heterocycles. The van der Waals surface area contributed by atoms with Crippen LogP contribution >= 0.6 is 0 Å². The van der Waals surface area contributed by atoms with Crippen molar-refractivity contribution >= 4 is 11.0 Å². The Balaban J connectivity index is 2.51. The molecule has 108 valence electrons. The maximum absolute atomic E-state index is 13.4. The van der Waals surface area contributed by atoms with E-state index in [1.54, 1.807) is 6.07 Å². The van der Waals surface area contributed by atoms with E-state index in [9.17, 15) is 19.2 Å². The number of nitrogens with zero attached hydrogens (tertiary/aromatic N) is 4. The first-order valence-electron chi connectivity index (χ1n) is 6.03. The van der Waals surface area contributed by atoms with Gasteiger partial charge < -0.3 is 10.4 Å². The quantitative estimate of drug-likeness (QED) is 0.500. The zero-order valence-electron chi connectivity index (χ0n) is 10.8. The molecule has 8 heteroatoms. The summed E-state index contributed by atoms with van der Waals surface area (Å²) in [6.07, 6.45) is 2.75. The summed E-state index contributed by atoms with van der Waals surface area (Å²) in [4.78, 5) is 3.78. The van der Waals surface area contributed by atoms with Crippen LogP contribution in [0.25, 0.3) is 22.3 Å². The van der Waals surface area contributed by atoms with Crippen LogP contribution in [0.5, 0.6) is 0 Å². The molecule has 0 radical (unpaired) electrons. The monoisotopic (exact) mass is 300 g/mol. The van der Waals surface area contributed by atoms with Gasteiger partial charge in [0.1, 0.15) is 0 Å². The van der Waals surface area contributed by atoms with Crippen molar-refractivity contribution in [3.63, 3.8) is 0 Å². The van der Waals surface area contributed by atoms with E-state index >= 15 is 0 Å². The summed E-state index contributed by atoms with van der Waals surface area (Å²) in [5.41, 5.74) is -1.31. The number of aromatic nitrogens is 3. The molecule has 3 rings (SSSR count). The highest BCUT2D eigenvalue weighted by atomic mass is 19.2. The van der Waals surface area contributed by atoms with E-state index in [1.165, 1.54) is 24.5 Å². The van der Waals surface area contributed by atoms with Crippen molar-refractivity contribution in [3.8, 4) is 17.3 Å². The van der Waals surface area contributed by atoms with E-state index in [4.69, 9.17) is 5.26 Å². The van der Waals surface area contributed by atoms with Crippen LogP contribution in [0, 0.1) is 33.4 Å². The third kappa shape index (κ3) is 1.88. The summed E-state index contributed by atoms with van der Waals surface area (Å²) in [7, 11) is 0. The molecule has 2 heterocycles. The predicted molar refractivity (Wildman–Crippen MR) is 69.7 cm³/mol. The van der Waals surface area contributed by atoms with Gasteiger partial charge >= 0.3 is 11.4 Å². The molecule has 22 heavy (non-hydrogen) atoms. The maximum Gasteiger partial charge on any atom is 0.369 e. The van der Waals surface area contributed by atoms with Crippen molar-refractivity contribution in [2.24, 2.45) is 0 Å². The number of hydrogen-bond acceptors (Lipinski definition) is 4. The highest BCUT2D eigenvalue weighted by molar-refractivity contribution is 5.71. The van der Waals surface area contributed by atoms with Crippen molar-refractivity contribution in [2.75, 3.05) is 0 Å². The zero-order valence-corrected chi connectivity index (χ0v) is 10.8. The Hall–Kier alpha value is -3.34. The molecule has 0 amide bonds. The summed E-state index contributed by atoms with van der Waals surface area (Å²) in [6.45, 7) is 0. The van der Waals surface area contributed by atoms with Crippen LogP contribution in [0.15, 0.2) is 36.7 Å². The standard InChI is InChI=1S/C14H6F2N4O2/c15-9-5-11-12(6-10(9)16)20(22)14(13(7-17)19(11)21)8-1-3-18-4-2-8/h1-6H. The first kappa shape index (κ1) is 13.6. The van der Waals surface area contributed by atoms with Crippen molar-refractivity contribution in [3.05, 3.63) is 64.4 Å². The van der Waals surface area contributed by atoms with Gasteiger partial charge in [0.2, 0.25) is 0 Å². The molecule has 3 aromatic rings. The van der Waals surface area contributed by atoms with Crippen molar-refractivity contribution in [2.45, 2.75) is 0 Å². The number of pyridine rings is 1. The number of nitriles is 1. The Labute approximate surface area is 122 Å². The van der Waals surface area contributed by atoms with Gasteiger partial charge in [-0.3, -0.25) is 4.98 Å². The van der Waals surface area contributed by atoms with Crippen molar-refractivity contribution in [1.29, 1.82) is 5.26 Å². The van der Waals surface area contributed by atoms with Gasteiger partial charge in [-0.1, -0.05) is 0 Å². The second-order valence-corrected chi connectivity index (χ2v) is 4.39. The Morgan fingerprint density at radius 1 is 1.00 bits per heavy atom. The molecule has 0 fully saturated rings. The van der Waals surface area contributed by atoms with Gasteiger partial charge in [0, 0.05) is 12.4 Å². The van der Waals surface area contributed by atoms with Gasteiger partial charge in [-0.25, -0.2) is 8.78 Å². The lowest BCUT2D eigenvalue weighted by Gasteiger charge is -2.10. The summed E-state index contributed by atoms with van der Waals surface area (Å²) in [6, 6.07) is 5.69. The molecular formula is C14H6F2N4O2. The fourth-order valence-electron chi connectivity index (χ4n) is 2.15. The summed E-state index contributed by atoms with van der Waals surface area (Å²) in [5.74, 6) is -2.54. The summed E-state index contributed by atoms with van der Waals surface area (Å²) < 4.78 is 27.0. The second-order valence-electron chi connectivity index (χ2n) is 4.39. The Kier molecular flexibility index (Phi) is 3.03. The van der Waals surface area contributed by atoms with Crippen LogP contribution in [0.1, 0.15) is 5.69 Å². The van der Waals surface area contributed by atoms with Crippen LogP contribution < -0.4 is 9.46 Å². The second kappa shape index (κ2) is 4.89. The van der Waals surface area contributed by atoms with E-state index < -0.39 is 22.8 Å². The third-order valence-corrected chi connectivity index (χ3v) is 3.15. The van der Waals surface area contributed by atoms with Gasteiger partial charge in [0.25, 0.3) is 11.0 Å². The molecule has 0 spiro atoms. The van der Waals surface area contributed by atoms with Crippen LogP contribution in [-0.2, 0) is 0 Å². The smallest absolute Gasteiger partial charge is 0.369 e. The predicted octanol–water partition coefficient (Wildman–Crippen LogP) is 1.32. The first-order chi connectivity index (χ1) is 10.5. The van der Waals surface area contributed by atoms with Gasteiger partial charge in [-0.15, -0.1) is 4.73 Å². The molecule has 0 N–H and O–H groups in total. The average molecular weight is 300 g/mol.